The minimum atomic E-state index is -0.948. The van der Waals surface area contributed by atoms with Crippen LogP contribution in [0.2, 0.25) is 0 Å². The molecular weight excluding hydrogens is 340 g/mol. The number of unbranched alkanes of at least 4 members (excludes halogenated alkanes) is 2. The van der Waals surface area contributed by atoms with Gasteiger partial charge in [0.05, 0.1) is 11.1 Å². The highest BCUT2D eigenvalue weighted by molar-refractivity contribution is 5.90. The van der Waals surface area contributed by atoms with Crippen molar-refractivity contribution in [1.82, 2.24) is 0 Å². The normalized spacial score (nSPS) is 27.3. The predicted molar refractivity (Wildman–Crippen MR) is 108 cm³/mol. The summed E-state index contributed by atoms with van der Waals surface area (Å²) in [6.45, 7) is 10.2. The number of ether oxygens (including phenoxy) is 1. The van der Waals surface area contributed by atoms with Crippen LogP contribution in [-0.2, 0) is 9.53 Å². The van der Waals surface area contributed by atoms with E-state index < -0.39 is 17.0 Å². The van der Waals surface area contributed by atoms with Crippen LogP contribution in [0.4, 0.5) is 0 Å². The van der Waals surface area contributed by atoms with Crippen molar-refractivity contribution >= 4 is 5.97 Å². The molecule has 1 heterocycles. The van der Waals surface area contributed by atoms with Crippen molar-refractivity contribution in [3.05, 3.63) is 46.5 Å². The fraction of sp³-hybridized carbons (Fsp3) is 0.609. The van der Waals surface area contributed by atoms with E-state index in [2.05, 4.69) is 26.8 Å². The molecule has 0 fully saturated rings. The van der Waals surface area contributed by atoms with E-state index in [4.69, 9.17) is 4.74 Å². The van der Waals surface area contributed by atoms with Crippen LogP contribution in [0.1, 0.15) is 79.6 Å². The number of aliphatic hydroxyl groups is 1. The maximum Gasteiger partial charge on any atom is 0.335 e. The monoisotopic (exact) mass is 374 g/mol. The SMILES string of the molecule is CCCCCC1(C)CC(O)=C2C=C[C@@](C)(CCC=C(C)C)OC2=C1C(=O)O. The Morgan fingerprint density at radius 3 is 2.56 bits per heavy atom. The largest absolute Gasteiger partial charge is 0.512 e. The van der Waals surface area contributed by atoms with Gasteiger partial charge in [-0.2, -0.15) is 0 Å². The molecule has 4 heteroatoms. The smallest absolute Gasteiger partial charge is 0.335 e. The van der Waals surface area contributed by atoms with Crippen molar-refractivity contribution in [2.45, 2.75) is 85.2 Å². The van der Waals surface area contributed by atoms with Gasteiger partial charge in [0, 0.05) is 11.8 Å². The molecule has 0 bridgehead atoms. The van der Waals surface area contributed by atoms with E-state index >= 15 is 0 Å². The summed E-state index contributed by atoms with van der Waals surface area (Å²) in [6.07, 6.45) is 11.7. The summed E-state index contributed by atoms with van der Waals surface area (Å²) in [5.74, 6) is -0.361. The van der Waals surface area contributed by atoms with Gasteiger partial charge < -0.3 is 14.9 Å². The molecule has 27 heavy (non-hydrogen) atoms. The van der Waals surface area contributed by atoms with Gasteiger partial charge in [-0.3, -0.25) is 0 Å². The van der Waals surface area contributed by atoms with Crippen LogP contribution in [0.3, 0.4) is 0 Å². The van der Waals surface area contributed by atoms with E-state index in [9.17, 15) is 15.0 Å². The number of carboxylic acid groups (broad SMARTS) is 1. The molecule has 0 aromatic heterocycles. The Morgan fingerprint density at radius 2 is 1.96 bits per heavy atom. The highest BCUT2D eigenvalue weighted by atomic mass is 16.5. The Bertz CT molecular complexity index is 706. The molecule has 0 aromatic rings. The molecule has 150 valence electrons. The molecule has 4 nitrogen and oxygen atoms in total. The molecule has 0 aromatic carbocycles. The number of aliphatic carboxylic acids is 1. The van der Waals surface area contributed by atoms with E-state index in [0.717, 1.165) is 38.5 Å². The summed E-state index contributed by atoms with van der Waals surface area (Å²) in [5, 5.41) is 20.6. The summed E-state index contributed by atoms with van der Waals surface area (Å²) in [4.78, 5) is 12.2. The average Bonchev–Trinajstić information content (AvgIpc) is 2.53. The summed E-state index contributed by atoms with van der Waals surface area (Å²) in [6, 6.07) is 0. The van der Waals surface area contributed by atoms with Gasteiger partial charge in [-0.25, -0.2) is 4.79 Å². The summed E-state index contributed by atoms with van der Waals surface area (Å²) in [7, 11) is 0. The Kier molecular flexibility index (Phi) is 6.61. The van der Waals surface area contributed by atoms with Crippen LogP contribution in [0, 0.1) is 5.41 Å². The second-order valence-corrected chi connectivity index (χ2v) is 8.63. The number of hydrogen-bond donors (Lipinski definition) is 2. The summed E-state index contributed by atoms with van der Waals surface area (Å²) >= 11 is 0. The van der Waals surface area contributed by atoms with Crippen LogP contribution in [-0.4, -0.2) is 21.8 Å². The van der Waals surface area contributed by atoms with Crippen molar-refractivity contribution in [1.29, 1.82) is 0 Å². The first-order chi connectivity index (χ1) is 12.6. The number of aliphatic hydroxyl groups excluding tert-OH is 1. The fourth-order valence-electron chi connectivity index (χ4n) is 4.01. The third-order valence-electron chi connectivity index (χ3n) is 5.62. The number of hydrogen-bond acceptors (Lipinski definition) is 3. The lowest BCUT2D eigenvalue weighted by Gasteiger charge is -2.41. The maximum atomic E-state index is 12.2. The van der Waals surface area contributed by atoms with Crippen LogP contribution in [0.5, 0.6) is 0 Å². The van der Waals surface area contributed by atoms with Crippen LogP contribution in [0.25, 0.3) is 0 Å². The van der Waals surface area contributed by atoms with E-state index in [1.54, 1.807) is 0 Å². The van der Waals surface area contributed by atoms with Gasteiger partial charge in [0.1, 0.15) is 17.1 Å². The molecule has 0 saturated carbocycles. The van der Waals surface area contributed by atoms with Gasteiger partial charge in [0.15, 0.2) is 0 Å². The van der Waals surface area contributed by atoms with E-state index in [0.29, 0.717) is 23.3 Å². The van der Waals surface area contributed by atoms with Gasteiger partial charge in [0.2, 0.25) is 0 Å². The number of fused-ring (bicyclic) bond motifs is 1. The molecular formula is C23H34O4. The average molecular weight is 375 g/mol. The zero-order valence-electron chi connectivity index (χ0n) is 17.4. The van der Waals surface area contributed by atoms with Gasteiger partial charge in [-0.1, -0.05) is 44.8 Å². The zero-order chi connectivity index (χ0) is 20.2. The molecule has 1 aliphatic carbocycles. The molecule has 2 rings (SSSR count). The highest BCUT2D eigenvalue weighted by Crippen LogP contribution is 2.49. The molecule has 0 spiro atoms. The minimum absolute atomic E-state index is 0.233. The van der Waals surface area contributed by atoms with E-state index in [1.165, 1.54) is 5.57 Å². The molecule has 0 radical (unpaired) electrons. The van der Waals surface area contributed by atoms with Crippen LogP contribution >= 0.6 is 0 Å². The van der Waals surface area contributed by atoms with Gasteiger partial charge in [-0.15, -0.1) is 0 Å². The zero-order valence-corrected chi connectivity index (χ0v) is 17.4. The van der Waals surface area contributed by atoms with Gasteiger partial charge >= 0.3 is 5.97 Å². The topological polar surface area (TPSA) is 66.8 Å². The first-order valence-corrected chi connectivity index (χ1v) is 10.0. The first-order valence-electron chi connectivity index (χ1n) is 10.0. The van der Waals surface area contributed by atoms with Gasteiger partial charge in [0.25, 0.3) is 0 Å². The Morgan fingerprint density at radius 1 is 1.26 bits per heavy atom. The van der Waals surface area contributed by atoms with Crippen LogP contribution in [0.15, 0.2) is 46.5 Å². The second-order valence-electron chi connectivity index (χ2n) is 8.63. The Hall–Kier alpha value is -1.97. The third kappa shape index (κ3) is 4.85. The summed E-state index contributed by atoms with van der Waals surface area (Å²) in [5.41, 5.74) is 0.899. The first kappa shape index (κ1) is 21.3. The summed E-state index contributed by atoms with van der Waals surface area (Å²) < 4.78 is 6.27. The molecule has 2 aliphatic rings. The lowest BCUT2D eigenvalue weighted by atomic mass is 9.69. The quantitative estimate of drug-likeness (QED) is 0.391. The number of carboxylic acids is 1. The van der Waals surface area contributed by atoms with Gasteiger partial charge in [-0.05, 0) is 52.2 Å². The second kappa shape index (κ2) is 8.37. The molecule has 2 N–H and O–H groups in total. The highest BCUT2D eigenvalue weighted by Gasteiger charge is 2.45. The van der Waals surface area contributed by atoms with E-state index in [-0.39, 0.29) is 5.76 Å². The van der Waals surface area contributed by atoms with Crippen LogP contribution < -0.4 is 0 Å². The Balaban J connectivity index is 2.41. The predicted octanol–water partition coefficient (Wildman–Crippen LogP) is 6.22. The molecule has 1 aliphatic heterocycles. The molecule has 0 saturated heterocycles. The minimum Gasteiger partial charge on any atom is -0.512 e. The van der Waals surface area contributed by atoms with Crippen molar-refractivity contribution in [3.63, 3.8) is 0 Å². The third-order valence-corrected chi connectivity index (χ3v) is 5.62. The van der Waals surface area contributed by atoms with Crippen molar-refractivity contribution in [2.24, 2.45) is 5.41 Å². The molecule has 2 atom stereocenters. The number of carbonyl (C=O) groups is 1. The van der Waals surface area contributed by atoms with Crippen molar-refractivity contribution in [3.8, 4) is 0 Å². The lowest BCUT2D eigenvalue weighted by Crippen LogP contribution is -2.37. The maximum absolute atomic E-state index is 12.2. The lowest BCUT2D eigenvalue weighted by molar-refractivity contribution is -0.134. The van der Waals surface area contributed by atoms with Crippen molar-refractivity contribution in [2.75, 3.05) is 0 Å². The fourth-order valence-corrected chi connectivity index (χ4v) is 4.01. The Labute approximate surface area is 163 Å². The van der Waals surface area contributed by atoms with E-state index in [1.807, 2.05) is 26.0 Å². The number of allylic oxidation sites excluding steroid dienone is 4. The molecule has 1 unspecified atom stereocenters. The standard InChI is InChI=1S/C23H34O4/c1-6-7-8-12-22(4)15-18(24)17-11-14-23(5,13-9-10-16(2)3)27-20(17)19(22)21(25)26/h10-11,14,24H,6-9,12-13,15H2,1-5H3,(H,25,26)/t22?,23-/m1/s1. The molecule has 0 amide bonds. The number of rotatable bonds is 8. The van der Waals surface area contributed by atoms with Crippen molar-refractivity contribution < 1.29 is 19.7 Å².